The fourth-order valence-corrected chi connectivity index (χ4v) is 5.95. The van der Waals surface area contributed by atoms with Crippen LogP contribution in [-0.2, 0) is 22.7 Å². The first-order chi connectivity index (χ1) is 20.1. The van der Waals surface area contributed by atoms with Crippen molar-refractivity contribution >= 4 is 29.4 Å². The molecule has 222 valence electrons. The number of aliphatic carboxylic acids is 1. The number of amides is 1. The molecule has 3 aromatic carbocycles. The number of ketones is 1. The first kappa shape index (κ1) is 34.5. The second-order valence-corrected chi connectivity index (χ2v) is 11.8. The van der Waals surface area contributed by atoms with Gasteiger partial charge in [-0.3, -0.25) is 14.5 Å². The standard InChI is InChI=1S/C33H36F2N2O4S.Li/c1-21-5-3-4-6-28(21)30-17-22(7-12-29(30)32(39)36-31(33(40)41)13-14-42-2)19-37(26-8-10-27(38)11-9-26)20-23-15-24(34)18-25(35)16-23;/h3-7,12,15-18,26,31H,8-11,13-14,19-20H2,1-2H3,(H,36,39)(H,40,41);/q;+1/p-1/t31-;/m0./s1. The Morgan fingerprint density at radius 3 is 2.26 bits per heavy atom. The van der Waals surface area contributed by atoms with Gasteiger partial charge in [-0.2, -0.15) is 11.8 Å². The molecule has 0 saturated heterocycles. The summed E-state index contributed by atoms with van der Waals surface area (Å²) in [5.41, 5.74) is 4.14. The average molecular weight is 601 g/mol. The molecule has 10 heteroatoms. The topological polar surface area (TPSA) is 89.5 Å². The molecule has 1 N–H and O–H groups in total. The van der Waals surface area contributed by atoms with Crippen molar-refractivity contribution in [2.45, 2.75) is 64.2 Å². The molecule has 1 aliphatic rings. The molecule has 4 rings (SSSR count). The van der Waals surface area contributed by atoms with E-state index < -0.39 is 29.6 Å². The van der Waals surface area contributed by atoms with Crippen LogP contribution in [0.1, 0.15) is 59.2 Å². The number of hydrogen-bond acceptors (Lipinski definition) is 6. The molecule has 0 radical (unpaired) electrons. The number of nitrogens with zero attached hydrogens (tertiary/aromatic N) is 1. The van der Waals surface area contributed by atoms with Crippen LogP contribution in [0.5, 0.6) is 0 Å². The van der Waals surface area contributed by atoms with Crippen LogP contribution in [0.25, 0.3) is 11.1 Å². The summed E-state index contributed by atoms with van der Waals surface area (Å²) < 4.78 is 28.0. The van der Waals surface area contributed by atoms with Gasteiger partial charge in [0.15, 0.2) is 0 Å². The first-order valence-electron chi connectivity index (χ1n) is 14.0. The van der Waals surface area contributed by atoms with Gasteiger partial charge in [0.2, 0.25) is 0 Å². The van der Waals surface area contributed by atoms with Crippen LogP contribution < -0.4 is 29.3 Å². The Bertz CT molecular complexity index is 1420. The number of carboxylic acid groups (broad SMARTS) is 1. The molecule has 6 nitrogen and oxygen atoms in total. The molecule has 1 saturated carbocycles. The van der Waals surface area contributed by atoms with Crippen molar-refractivity contribution in [2.24, 2.45) is 0 Å². The summed E-state index contributed by atoms with van der Waals surface area (Å²) in [7, 11) is 0. The van der Waals surface area contributed by atoms with Crippen LogP contribution in [0.4, 0.5) is 8.78 Å². The quantitative estimate of drug-likeness (QED) is 0.321. The summed E-state index contributed by atoms with van der Waals surface area (Å²) in [5, 5.41) is 14.3. The zero-order valence-electron chi connectivity index (χ0n) is 24.8. The van der Waals surface area contributed by atoms with E-state index in [0.29, 0.717) is 54.7 Å². The number of thioether (sulfide) groups is 1. The SMILES string of the molecule is CSCC[C@H](NC(=O)c1ccc(CN(Cc2cc(F)cc(F)c2)C2CCC(=O)CC2)cc1-c1ccccc1C)C(=O)[O-].[Li+]. The Morgan fingerprint density at radius 1 is 0.977 bits per heavy atom. The third kappa shape index (κ3) is 9.51. The number of aryl methyl sites for hydroxylation is 1. The fourth-order valence-electron chi connectivity index (χ4n) is 5.48. The smallest absolute Gasteiger partial charge is 0.548 e. The van der Waals surface area contributed by atoms with Crippen LogP contribution in [0.2, 0.25) is 0 Å². The van der Waals surface area contributed by atoms with Crippen molar-refractivity contribution in [3.05, 3.63) is 94.6 Å². The van der Waals surface area contributed by atoms with Gasteiger partial charge in [0.25, 0.3) is 5.91 Å². The molecule has 0 spiro atoms. The monoisotopic (exact) mass is 600 g/mol. The van der Waals surface area contributed by atoms with Crippen molar-refractivity contribution in [2.75, 3.05) is 12.0 Å². The number of nitrogens with one attached hydrogen (secondary N) is 1. The zero-order chi connectivity index (χ0) is 30.2. The first-order valence-corrected chi connectivity index (χ1v) is 15.4. The number of hydrogen-bond donors (Lipinski definition) is 1. The van der Waals surface area contributed by atoms with Gasteiger partial charge >= 0.3 is 18.9 Å². The molecule has 3 aromatic rings. The molecule has 0 unspecified atom stereocenters. The van der Waals surface area contributed by atoms with E-state index in [0.717, 1.165) is 22.8 Å². The predicted octanol–water partition coefficient (Wildman–Crippen LogP) is 2.06. The Balaban J connectivity index is 0.00000506. The maximum Gasteiger partial charge on any atom is 1.00 e. The normalized spacial score (nSPS) is 14.3. The number of halogens is 2. The maximum atomic E-state index is 14.0. The molecule has 0 heterocycles. The maximum absolute atomic E-state index is 14.0. The number of benzene rings is 3. The number of Topliss-reactive ketones (excluding diaryl/α,β-unsaturated/α-hetero) is 1. The van der Waals surface area contributed by atoms with Crippen molar-refractivity contribution < 1.29 is 47.1 Å². The number of rotatable bonds is 12. The molecule has 1 amide bonds. The van der Waals surface area contributed by atoms with Gasteiger partial charge in [-0.25, -0.2) is 8.78 Å². The Kier molecular flexibility index (Phi) is 13.0. The van der Waals surface area contributed by atoms with E-state index in [2.05, 4.69) is 10.2 Å². The van der Waals surface area contributed by atoms with Crippen LogP contribution in [0.15, 0.2) is 60.7 Å². The van der Waals surface area contributed by atoms with E-state index in [1.54, 1.807) is 6.07 Å². The minimum Gasteiger partial charge on any atom is -0.548 e. The second-order valence-electron chi connectivity index (χ2n) is 10.8. The van der Waals surface area contributed by atoms with Gasteiger partial charge in [0.1, 0.15) is 17.4 Å². The number of carbonyl (C=O) groups is 3. The van der Waals surface area contributed by atoms with E-state index in [-0.39, 0.29) is 43.7 Å². The van der Waals surface area contributed by atoms with Crippen molar-refractivity contribution in [3.63, 3.8) is 0 Å². The molecule has 0 aliphatic heterocycles. The summed E-state index contributed by atoms with van der Waals surface area (Å²) in [6.45, 7) is 2.65. The van der Waals surface area contributed by atoms with Crippen molar-refractivity contribution in [1.82, 2.24) is 10.2 Å². The Hall–Kier alpha value is -2.96. The van der Waals surface area contributed by atoms with E-state index >= 15 is 0 Å². The van der Waals surface area contributed by atoms with Gasteiger partial charge < -0.3 is 15.2 Å². The second kappa shape index (κ2) is 16.2. The molecule has 1 atom stereocenters. The van der Waals surface area contributed by atoms with Crippen LogP contribution in [0, 0.1) is 18.6 Å². The van der Waals surface area contributed by atoms with E-state index in [1.165, 1.54) is 23.9 Å². The predicted molar refractivity (Wildman–Crippen MR) is 159 cm³/mol. The summed E-state index contributed by atoms with van der Waals surface area (Å²) in [4.78, 5) is 39.2. The van der Waals surface area contributed by atoms with Gasteiger partial charge in [0.05, 0.1) is 12.0 Å². The third-order valence-corrected chi connectivity index (χ3v) is 8.33. The Labute approximate surface area is 267 Å². The van der Waals surface area contributed by atoms with Crippen LogP contribution in [-0.4, -0.2) is 46.7 Å². The molecule has 0 aromatic heterocycles. The van der Waals surface area contributed by atoms with Crippen LogP contribution in [0.3, 0.4) is 0 Å². The molecule has 1 aliphatic carbocycles. The number of carboxylic acids is 1. The van der Waals surface area contributed by atoms with E-state index in [1.807, 2.05) is 49.6 Å². The van der Waals surface area contributed by atoms with E-state index in [4.69, 9.17) is 0 Å². The molecule has 1 fully saturated rings. The molecule has 43 heavy (non-hydrogen) atoms. The molecular weight excluding hydrogens is 565 g/mol. The molecule has 0 bridgehead atoms. The van der Waals surface area contributed by atoms with E-state index in [9.17, 15) is 28.3 Å². The Morgan fingerprint density at radius 2 is 1.63 bits per heavy atom. The van der Waals surface area contributed by atoms with Crippen molar-refractivity contribution in [1.29, 1.82) is 0 Å². The summed E-state index contributed by atoms with van der Waals surface area (Å²) in [6, 6.07) is 15.5. The molecular formula is C33H35F2LiN2O4S. The number of carbonyl (C=O) groups excluding carboxylic acids is 3. The van der Waals surface area contributed by atoms with Crippen molar-refractivity contribution in [3.8, 4) is 11.1 Å². The summed E-state index contributed by atoms with van der Waals surface area (Å²) >= 11 is 1.49. The largest absolute Gasteiger partial charge is 1.00 e. The van der Waals surface area contributed by atoms with Crippen LogP contribution >= 0.6 is 11.8 Å². The minimum absolute atomic E-state index is 0. The zero-order valence-corrected chi connectivity index (χ0v) is 25.6. The van der Waals surface area contributed by atoms with Gasteiger partial charge in [-0.15, -0.1) is 0 Å². The summed E-state index contributed by atoms with van der Waals surface area (Å²) in [6.07, 6.45) is 4.34. The van der Waals surface area contributed by atoms with Gasteiger partial charge in [-0.05, 0) is 90.3 Å². The average Bonchev–Trinajstić information content (AvgIpc) is 2.95. The van der Waals surface area contributed by atoms with Gasteiger partial charge in [0, 0.05) is 43.6 Å². The fraction of sp³-hybridized carbons (Fsp3) is 0.364. The minimum atomic E-state index is -1.33. The van der Waals surface area contributed by atoms with Gasteiger partial charge in [-0.1, -0.05) is 30.3 Å². The summed E-state index contributed by atoms with van der Waals surface area (Å²) in [5.74, 6) is -2.36. The third-order valence-electron chi connectivity index (χ3n) is 7.69.